The van der Waals surface area contributed by atoms with Crippen molar-refractivity contribution >= 4 is 0 Å². The van der Waals surface area contributed by atoms with Crippen LogP contribution in [0, 0.1) is 0 Å². The van der Waals surface area contributed by atoms with E-state index in [9.17, 15) is 0 Å². The zero-order valence-corrected chi connectivity index (χ0v) is 13.9. The van der Waals surface area contributed by atoms with Crippen molar-refractivity contribution < 1.29 is 4.52 Å². The number of rotatable bonds is 2. The molecule has 0 saturated carbocycles. The Bertz CT molecular complexity index is 698. The van der Waals surface area contributed by atoms with Gasteiger partial charge in [-0.3, -0.25) is 4.90 Å². The minimum Gasteiger partial charge on any atom is -0.339 e. The van der Waals surface area contributed by atoms with E-state index in [1.807, 2.05) is 0 Å². The maximum absolute atomic E-state index is 5.71. The van der Waals surface area contributed by atoms with E-state index < -0.39 is 0 Å². The van der Waals surface area contributed by atoms with Gasteiger partial charge in [0.05, 0.1) is 11.5 Å². The Kier molecular flexibility index (Phi) is 3.70. The van der Waals surface area contributed by atoms with Gasteiger partial charge < -0.3 is 9.84 Å². The number of aryl methyl sites for hydroxylation is 1. The number of benzene rings is 1. The predicted molar refractivity (Wildman–Crippen MR) is 88.4 cm³/mol. The molecular formula is C18H24N4O. The third-order valence-corrected chi connectivity index (χ3v) is 5.41. The van der Waals surface area contributed by atoms with Crippen molar-refractivity contribution in [2.24, 2.45) is 0 Å². The normalized spacial score (nSPS) is 28.5. The molecule has 1 aliphatic carbocycles. The summed E-state index contributed by atoms with van der Waals surface area (Å²) in [6, 6.07) is 8.91. The topological polar surface area (TPSA) is 54.2 Å². The molecule has 2 aromatic rings. The molecule has 5 heteroatoms. The summed E-state index contributed by atoms with van der Waals surface area (Å²) in [5, 5.41) is 7.71. The SMILES string of the molecule is CN1CCNCC1c1noc(C2(C)CCc3ccccc3C2)n1. The molecule has 5 nitrogen and oxygen atoms in total. The van der Waals surface area contributed by atoms with Crippen LogP contribution in [0.2, 0.25) is 0 Å². The smallest absolute Gasteiger partial charge is 0.232 e. The van der Waals surface area contributed by atoms with Crippen LogP contribution in [-0.2, 0) is 18.3 Å². The molecule has 0 bridgehead atoms. The van der Waals surface area contributed by atoms with Gasteiger partial charge in [-0.15, -0.1) is 0 Å². The fraction of sp³-hybridized carbons (Fsp3) is 0.556. The van der Waals surface area contributed by atoms with Gasteiger partial charge in [0, 0.05) is 19.6 Å². The minimum atomic E-state index is -0.0553. The van der Waals surface area contributed by atoms with Gasteiger partial charge in [-0.05, 0) is 37.4 Å². The molecule has 4 rings (SSSR count). The molecule has 0 spiro atoms. The summed E-state index contributed by atoms with van der Waals surface area (Å²) >= 11 is 0. The summed E-state index contributed by atoms with van der Waals surface area (Å²) in [6.45, 7) is 5.17. The number of hydrogen-bond acceptors (Lipinski definition) is 5. The average molecular weight is 312 g/mol. The van der Waals surface area contributed by atoms with Crippen molar-refractivity contribution in [1.29, 1.82) is 0 Å². The molecule has 1 fully saturated rings. The quantitative estimate of drug-likeness (QED) is 0.920. The van der Waals surface area contributed by atoms with Gasteiger partial charge in [0.25, 0.3) is 0 Å². The van der Waals surface area contributed by atoms with Crippen molar-refractivity contribution in [3.63, 3.8) is 0 Å². The van der Waals surface area contributed by atoms with E-state index in [0.29, 0.717) is 0 Å². The van der Waals surface area contributed by atoms with E-state index in [1.54, 1.807) is 0 Å². The molecule has 1 aliphatic heterocycles. The van der Waals surface area contributed by atoms with Gasteiger partial charge in [0.2, 0.25) is 5.89 Å². The summed E-state index contributed by atoms with van der Waals surface area (Å²) < 4.78 is 5.71. The first-order valence-electron chi connectivity index (χ1n) is 8.47. The highest BCUT2D eigenvalue weighted by Crippen LogP contribution is 2.37. The molecule has 1 aromatic carbocycles. The van der Waals surface area contributed by atoms with Gasteiger partial charge in [0.1, 0.15) is 0 Å². The standard InChI is InChI=1S/C18H24N4O/c1-18(8-7-13-5-3-4-6-14(13)11-18)17-20-16(21-23-17)15-12-19-9-10-22(15)2/h3-6,15,19H,7-12H2,1-2H3. The molecule has 0 radical (unpaired) electrons. The third kappa shape index (κ3) is 2.68. The lowest BCUT2D eigenvalue weighted by Gasteiger charge is -2.32. The Hall–Kier alpha value is -1.72. The van der Waals surface area contributed by atoms with Crippen molar-refractivity contribution in [3.05, 3.63) is 47.1 Å². The van der Waals surface area contributed by atoms with Crippen LogP contribution in [-0.4, -0.2) is 41.7 Å². The molecule has 2 aliphatic rings. The van der Waals surface area contributed by atoms with E-state index >= 15 is 0 Å². The first-order valence-corrected chi connectivity index (χ1v) is 8.47. The predicted octanol–water partition coefficient (Wildman–Crippen LogP) is 2.09. The Morgan fingerprint density at radius 1 is 1.30 bits per heavy atom. The van der Waals surface area contributed by atoms with Crippen LogP contribution in [0.25, 0.3) is 0 Å². The summed E-state index contributed by atoms with van der Waals surface area (Å²) in [5.74, 6) is 1.61. The number of fused-ring (bicyclic) bond motifs is 1. The molecule has 1 aromatic heterocycles. The number of piperazine rings is 1. The number of nitrogens with one attached hydrogen (secondary N) is 1. The summed E-state index contributed by atoms with van der Waals surface area (Å²) in [6.07, 6.45) is 3.11. The van der Waals surface area contributed by atoms with E-state index in [-0.39, 0.29) is 11.5 Å². The Morgan fingerprint density at radius 3 is 2.96 bits per heavy atom. The van der Waals surface area contributed by atoms with Crippen molar-refractivity contribution in [1.82, 2.24) is 20.4 Å². The van der Waals surface area contributed by atoms with Crippen LogP contribution >= 0.6 is 0 Å². The average Bonchev–Trinajstić information content (AvgIpc) is 3.06. The molecule has 2 unspecified atom stereocenters. The second-order valence-electron chi connectivity index (χ2n) is 7.16. The first kappa shape index (κ1) is 14.8. The molecule has 122 valence electrons. The first-order chi connectivity index (χ1) is 11.2. The zero-order chi connectivity index (χ0) is 15.9. The second kappa shape index (κ2) is 5.73. The minimum absolute atomic E-state index is 0.0553. The van der Waals surface area contributed by atoms with Crippen LogP contribution in [0.1, 0.15) is 42.2 Å². The lowest BCUT2D eigenvalue weighted by atomic mass is 9.73. The second-order valence-corrected chi connectivity index (χ2v) is 7.16. The molecule has 2 heterocycles. The fourth-order valence-electron chi connectivity index (χ4n) is 3.79. The van der Waals surface area contributed by atoms with Gasteiger partial charge >= 0.3 is 0 Å². The summed E-state index contributed by atoms with van der Waals surface area (Å²) in [7, 11) is 2.13. The summed E-state index contributed by atoms with van der Waals surface area (Å²) in [4.78, 5) is 7.09. The zero-order valence-electron chi connectivity index (χ0n) is 13.9. The number of likely N-dealkylation sites (N-methyl/N-ethyl adjacent to an activating group) is 1. The van der Waals surface area contributed by atoms with Gasteiger partial charge in [-0.25, -0.2) is 0 Å². The van der Waals surface area contributed by atoms with Crippen molar-refractivity contribution in [2.45, 2.75) is 37.6 Å². The van der Waals surface area contributed by atoms with Crippen LogP contribution in [0.3, 0.4) is 0 Å². The van der Waals surface area contributed by atoms with E-state index in [4.69, 9.17) is 9.51 Å². The van der Waals surface area contributed by atoms with E-state index in [0.717, 1.165) is 50.6 Å². The van der Waals surface area contributed by atoms with Crippen LogP contribution in [0.4, 0.5) is 0 Å². The highest BCUT2D eigenvalue weighted by molar-refractivity contribution is 5.33. The Morgan fingerprint density at radius 2 is 2.13 bits per heavy atom. The highest BCUT2D eigenvalue weighted by atomic mass is 16.5. The van der Waals surface area contributed by atoms with Crippen LogP contribution in [0.15, 0.2) is 28.8 Å². The van der Waals surface area contributed by atoms with Crippen LogP contribution < -0.4 is 5.32 Å². The number of hydrogen-bond donors (Lipinski definition) is 1. The van der Waals surface area contributed by atoms with Gasteiger partial charge in [0.15, 0.2) is 5.82 Å². The largest absolute Gasteiger partial charge is 0.339 e. The highest BCUT2D eigenvalue weighted by Gasteiger charge is 2.37. The van der Waals surface area contributed by atoms with Gasteiger partial charge in [-0.2, -0.15) is 4.98 Å². The number of aromatic nitrogens is 2. The molecule has 1 saturated heterocycles. The molecule has 23 heavy (non-hydrogen) atoms. The molecule has 2 atom stereocenters. The summed E-state index contributed by atoms with van der Waals surface area (Å²) in [5.41, 5.74) is 2.82. The lowest BCUT2D eigenvalue weighted by Crippen LogP contribution is -2.44. The molecular weight excluding hydrogens is 288 g/mol. The third-order valence-electron chi connectivity index (χ3n) is 5.41. The Labute approximate surface area is 137 Å². The van der Waals surface area contributed by atoms with Gasteiger partial charge in [-0.1, -0.05) is 36.3 Å². The van der Waals surface area contributed by atoms with Crippen molar-refractivity contribution in [3.8, 4) is 0 Å². The monoisotopic (exact) mass is 312 g/mol. The lowest BCUT2D eigenvalue weighted by molar-refractivity contribution is 0.189. The fourth-order valence-corrected chi connectivity index (χ4v) is 3.79. The number of nitrogens with zero attached hydrogens (tertiary/aromatic N) is 3. The van der Waals surface area contributed by atoms with E-state index in [1.165, 1.54) is 11.1 Å². The maximum atomic E-state index is 5.71. The molecule has 0 amide bonds. The maximum Gasteiger partial charge on any atom is 0.232 e. The molecule has 1 N–H and O–H groups in total. The van der Waals surface area contributed by atoms with Crippen LogP contribution in [0.5, 0.6) is 0 Å². The Balaban J connectivity index is 1.59. The van der Waals surface area contributed by atoms with E-state index in [2.05, 4.69) is 53.6 Å². The van der Waals surface area contributed by atoms with Crippen molar-refractivity contribution in [2.75, 3.05) is 26.7 Å².